The number of hydrogen-bond donors (Lipinski definition) is 5. The molecule has 4 fully saturated rings. The van der Waals surface area contributed by atoms with Crippen molar-refractivity contribution >= 4 is 35.6 Å². The number of hydrogen-bond acceptors (Lipinski definition) is 7. The van der Waals surface area contributed by atoms with E-state index in [4.69, 9.17) is 10.5 Å². The minimum Gasteiger partial charge on any atom is -0.444 e. The van der Waals surface area contributed by atoms with Crippen LogP contribution in [0.3, 0.4) is 0 Å². The van der Waals surface area contributed by atoms with Gasteiger partial charge in [0.1, 0.15) is 23.7 Å². The van der Waals surface area contributed by atoms with Crippen LogP contribution < -0.4 is 27.0 Å². The van der Waals surface area contributed by atoms with E-state index in [1.807, 2.05) is 19.2 Å². The molecular formula is C30H45F3N6O7. The lowest BCUT2D eigenvalue weighted by Gasteiger charge is -2.38. The lowest BCUT2D eigenvalue weighted by atomic mass is 9.80. The van der Waals surface area contributed by atoms with Gasteiger partial charge in [0.25, 0.3) is 0 Å². The van der Waals surface area contributed by atoms with E-state index in [2.05, 4.69) is 16.0 Å². The van der Waals surface area contributed by atoms with Gasteiger partial charge < -0.3 is 36.6 Å². The Morgan fingerprint density at radius 2 is 1.67 bits per heavy atom. The number of ether oxygens (including phenoxy) is 1. The molecule has 6 amide bonds. The Labute approximate surface area is 265 Å². The monoisotopic (exact) mass is 658 g/mol. The predicted octanol–water partition coefficient (Wildman–Crippen LogP) is 1.10. The average Bonchev–Trinajstić information content (AvgIpc) is 3.27. The SMILES string of the molecule is CC(C)(C)OC(=O)NC1CCC(C(NC(=O)C(F)(F)F)C(=O)N2C[C@H]3[C@@H]([C@H]2C(=O)N[C@@H](C[C@@H]2CCNC2=O)C(N)=O)C3(C)C)CC1. The highest BCUT2D eigenvalue weighted by Crippen LogP contribution is 2.65. The Hall–Kier alpha value is -3.59. The quantitative estimate of drug-likeness (QED) is 0.245. The summed E-state index contributed by atoms with van der Waals surface area (Å²) in [6.45, 7) is 9.47. The molecule has 2 saturated heterocycles. The maximum atomic E-state index is 14.1. The van der Waals surface area contributed by atoms with Gasteiger partial charge in [-0.1, -0.05) is 13.8 Å². The number of likely N-dealkylation sites (tertiary alicyclic amines) is 1. The van der Waals surface area contributed by atoms with E-state index in [-0.39, 0.29) is 55.0 Å². The topological polar surface area (TPSA) is 189 Å². The van der Waals surface area contributed by atoms with Crippen molar-refractivity contribution < 1.29 is 46.7 Å². The van der Waals surface area contributed by atoms with Gasteiger partial charge in [0.15, 0.2) is 0 Å². The van der Waals surface area contributed by atoms with Crippen LogP contribution in [0.1, 0.15) is 73.1 Å². The van der Waals surface area contributed by atoms with Crippen molar-refractivity contribution in [2.45, 2.75) is 109 Å². The molecule has 0 aromatic carbocycles. The number of amides is 6. The first-order valence-electron chi connectivity index (χ1n) is 15.8. The minimum atomic E-state index is -5.25. The molecule has 6 N–H and O–H groups in total. The van der Waals surface area contributed by atoms with Gasteiger partial charge in [-0.25, -0.2) is 4.79 Å². The molecular weight excluding hydrogens is 613 g/mol. The summed E-state index contributed by atoms with van der Waals surface area (Å²) in [7, 11) is 0. The number of nitrogens with one attached hydrogen (secondary N) is 4. The molecule has 4 rings (SSSR count). The molecule has 0 radical (unpaired) electrons. The largest absolute Gasteiger partial charge is 0.471 e. The standard InChI is InChI=1S/C30H45F3N6O7/c1-28(2,3)46-27(45)36-16-8-6-14(7-9-16)20(38-26(44)30(31,32)33)25(43)39-13-17-19(29(17,4)5)21(39)24(42)37-18(22(34)40)12-15-10-11-35-23(15)41/h14-21H,6-13H2,1-5H3,(H2,34,40)(H,35,41)(H,36,45)(H,37,42)(H,38,44)/t14?,15-,16?,17-,18-,19-,20?,21-/m0/s1. The van der Waals surface area contributed by atoms with Gasteiger partial charge in [0.05, 0.1) is 0 Å². The van der Waals surface area contributed by atoms with Crippen molar-refractivity contribution in [2.75, 3.05) is 13.1 Å². The van der Waals surface area contributed by atoms with Gasteiger partial charge in [-0.15, -0.1) is 0 Å². The summed E-state index contributed by atoms with van der Waals surface area (Å²) in [5.74, 6) is -6.62. The summed E-state index contributed by atoms with van der Waals surface area (Å²) >= 11 is 0. The summed E-state index contributed by atoms with van der Waals surface area (Å²) in [6.07, 6.45) is -4.38. The summed E-state index contributed by atoms with van der Waals surface area (Å²) in [5, 5.41) is 9.90. The highest BCUT2D eigenvalue weighted by atomic mass is 19.4. The number of rotatable bonds is 9. The molecule has 6 atom stereocenters. The average molecular weight is 659 g/mol. The van der Waals surface area contributed by atoms with Gasteiger partial charge >= 0.3 is 18.2 Å². The number of halogens is 3. The second-order valence-electron chi connectivity index (χ2n) is 14.6. The fourth-order valence-electron chi connectivity index (χ4n) is 7.33. The number of piperidine rings is 1. The van der Waals surface area contributed by atoms with Crippen LogP contribution in [0.2, 0.25) is 0 Å². The molecule has 2 aliphatic heterocycles. The number of nitrogens with two attached hydrogens (primary N) is 1. The van der Waals surface area contributed by atoms with Crippen LogP contribution in [-0.4, -0.2) is 89.6 Å². The van der Waals surface area contributed by atoms with Crippen molar-refractivity contribution in [1.29, 1.82) is 0 Å². The number of carbonyl (C=O) groups is 6. The Balaban J connectivity index is 1.51. The number of nitrogens with zero attached hydrogens (tertiary/aromatic N) is 1. The van der Waals surface area contributed by atoms with Crippen molar-refractivity contribution in [3.8, 4) is 0 Å². The van der Waals surface area contributed by atoms with E-state index in [0.717, 1.165) is 0 Å². The van der Waals surface area contributed by atoms with Gasteiger partial charge in [-0.3, -0.25) is 24.0 Å². The fraction of sp³-hybridized carbons (Fsp3) is 0.800. The normalized spacial score (nSPS) is 29.9. The zero-order valence-corrected chi connectivity index (χ0v) is 26.8. The van der Waals surface area contributed by atoms with E-state index in [9.17, 15) is 41.9 Å². The van der Waals surface area contributed by atoms with Gasteiger partial charge in [0.2, 0.25) is 23.6 Å². The van der Waals surface area contributed by atoms with Crippen LogP contribution in [0, 0.1) is 29.1 Å². The number of alkyl carbamates (subject to hydrolysis) is 1. The van der Waals surface area contributed by atoms with E-state index in [0.29, 0.717) is 25.8 Å². The molecule has 16 heteroatoms. The van der Waals surface area contributed by atoms with Gasteiger partial charge in [-0.05, 0) is 82.5 Å². The van der Waals surface area contributed by atoms with Crippen LogP contribution in [0.15, 0.2) is 0 Å². The third-order valence-electron chi connectivity index (χ3n) is 9.88. The maximum absolute atomic E-state index is 14.1. The van der Waals surface area contributed by atoms with Crippen LogP contribution in [0.25, 0.3) is 0 Å². The number of fused-ring (bicyclic) bond motifs is 1. The zero-order valence-electron chi connectivity index (χ0n) is 26.8. The first-order valence-corrected chi connectivity index (χ1v) is 15.8. The molecule has 0 spiro atoms. The molecule has 0 aromatic heterocycles. The Bertz CT molecular complexity index is 1240. The Morgan fingerprint density at radius 1 is 1.04 bits per heavy atom. The molecule has 4 aliphatic rings. The van der Waals surface area contributed by atoms with E-state index in [1.54, 1.807) is 20.8 Å². The van der Waals surface area contributed by atoms with Crippen molar-refractivity contribution in [3.63, 3.8) is 0 Å². The van der Waals surface area contributed by atoms with E-state index >= 15 is 0 Å². The molecule has 2 saturated carbocycles. The van der Waals surface area contributed by atoms with Crippen molar-refractivity contribution in [3.05, 3.63) is 0 Å². The molecule has 0 aromatic rings. The zero-order chi connectivity index (χ0) is 34.4. The summed E-state index contributed by atoms with van der Waals surface area (Å²) in [4.78, 5) is 77.8. The third-order valence-corrected chi connectivity index (χ3v) is 9.88. The van der Waals surface area contributed by atoms with Crippen molar-refractivity contribution in [2.24, 2.45) is 34.8 Å². The molecule has 46 heavy (non-hydrogen) atoms. The Morgan fingerprint density at radius 3 is 2.20 bits per heavy atom. The lowest BCUT2D eigenvalue weighted by molar-refractivity contribution is -0.176. The van der Waals surface area contributed by atoms with Crippen LogP contribution >= 0.6 is 0 Å². The van der Waals surface area contributed by atoms with Crippen molar-refractivity contribution in [1.82, 2.24) is 26.2 Å². The van der Waals surface area contributed by atoms with Gasteiger partial charge in [0, 0.05) is 25.0 Å². The lowest BCUT2D eigenvalue weighted by Crippen LogP contribution is -2.60. The smallest absolute Gasteiger partial charge is 0.444 e. The highest BCUT2D eigenvalue weighted by Gasteiger charge is 2.70. The Kier molecular flexibility index (Phi) is 9.89. The van der Waals surface area contributed by atoms with Crippen LogP contribution in [0.4, 0.5) is 18.0 Å². The number of carbonyl (C=O) groups excluding carboxylic acids is 6. The van der Waals surface area contributed by atoms with E-state index < -0.39 is 71.5 Å². The molecule has 258 valence electrons. The van der Waals surface area contributed by atoms with Crippen LogP contribution in [0.5, 0.6) is 0 Å². The second kappa shape index (κ2) is 12.9. The molecule has 0 bridgehead atoms. The maximum Gasteiger partial charge on any atom is 0.471 e. The summed E-state index contributed by atoms with van der Waals surface area (Å²) in [6, 6.07) is -4.25. The summed E-state index contributed by atoms with van der Waals surface area (Å²) in [5.41, 5.74) is 4.47. The second-order valence-corrected chi connectivity index (χ2v) is 14.6. The first kappa shape index (κ1) is 35.3. The highest BCUT2D eigenvalue weighted by molar-refractivity contribution is 5.96. The predicted molar refractivity (Wildman–Crippen MR) is 156 cm³/mol. The van der Waals surface area contributed by atoms with E-state index in [1.165, 1.54) is 4.90 Å². The van der Waals surface area contributed by atoms with Crippen LogP contribution in [-0.2, 0) is 28.7 Å². The number of alkyl halides is 3. The molecule has 2 heterocycles. The molecule has 1 unspecified atom stereocenters. The minimum absolute atomic E-state index is 0.0318. The molecule has 13 nitrogen and oxygen atoms in total. The molecule has 2 aliphatic carbocycles. The first-order chi connectivity index (χ1) is 21.2. The van der Waals surface area contributed by atoms with Gasteiger partial charge in [-0.2, -0.15) is 13.2 Å². The third kappa shape index (κ3) is 7.85. The number of primary amides is 1. The fourth-order valence-corrected chi connectivity index (χ4v) is 7.33. The summed E-state index contributed by atoms with van der Waals surface area (Å²) < 4.78 is 45.5.